The van der Waals surface area contributed by atoms with Gasteiger partial charge in [0, 0.05) is 13.5 Å². The number of carbonyl (C=O) groups excluding carboxylic acids is 2. The molecule has 2 N–H and O–H groups in total. The summed E-state index contributed by atoms with van der Waals surface area (Å²) in [6, 6.07) is 0. The van der Waals surface area contributed by atoms with E-state index in [2.05, 4.69) is 5.32 Å². The van der Waals surface area contributed by atoms with Gasteiger partial charge in [-0.1, -0.05) is 6.42 Å². The average molecular weight is 286 g/mol. The predicted molar refractivity (Wildman–Crippen MR) is 71.1 cm³/mol. The Balaban J connectivity index is 2.97. The van der Waals surface area contributed by atoms with Gasteiger partial charge in [0.15, 0.2) is 0 Å². The summed E-state index contributed by atoms with van der Waals surface area (Å²) < 4.78 is 4.85. The number of amides is 1. The van der Waals surface area contributed by atoms with Crippen molar-refractivity contribution in [1.82, 2.24) is 10.2 Å². The second-order valence-corrected chi connectivity index (χ2v) is 4.95. The number of rotatable bonds is 6. The predicted octanol–water partition coefficient (Wildman–Crippen LogP) is -0.00510. The largest absolute Gasteiger partial charge is 0.479 e. The van der Waals surface area contributed by atoms with E-state index < -0.39 is 23.4 Å². The Kier molecular flexibility index (Phi) is 5.94. The summed E-state index contributed by atoms with van der Waals surface area (Å²) in [5.74, 6) is -2.89. The Hall–Kier alpha value is -1.63. The molecule has 1 heterocycles. The molecule has 0 aliphatic carbocycles. The fourth-order valence-electron chi connectivity index (χ4n) is 2.37. The normalized spacial score (nSPS) is 18.9. The number of nitrogens with one attached hydrogen (secondary N) is 1. The van der Waals surface area contributed by atoms with Gasteiger partial charge in [-0.05, 0) is 32.9 Å². The van der Waals surface area contributed by atoms with Gasteiger partial charge in [0.05, 0.1) is 6.61 Å². The minimum absolute atomic E-state index is 0.0629. The van der Waals surface area contributed by atoms with Gasteiger partial charge in [-0.25, -0.2) is 9.59 Å². The number of carboxylic acids is 1. The molecule has 1 fully saturated rings. The zero-order valence-corrected chi connectivity index (χ0v) is 12.0. The summed E-state index contributed by atoms with van der Waals surface area (Å²) in [6.07, 6.45) is 3.01. The molecule has 1 aliphatic heterocycles. The maximum atomic E-state index is 12.1. The highest BCUT2D eigenvalue weighted by Gasteiger charge is 2.50. The Bertz CT molecular complexity index is 379. The summed E-state index contributed by atoms with van der Waals surface area (Å²) in [5, 5.41) is 11.7. The number of carboxylic acid groups (broad SMARTS) is 1. The molecule has 1 amide bonds. The minimum Gasteiger partial charge on any atom is -0.479 e. The number of piperidine rings is 1. The molecule has 1 unspecified atom stereocenters. The van der Waals surface area contributed by atoms with E-state index in [-0.39, 0.29) is 13.2 Å². The molecule has 0 saturated carbocycles. The first kappa shape index (κ1) is 16.4. The molecular formula is C13H22N2O5. The number of nitrogens with zero attached hydrogens (tertiary/aromatic N) is 1. The van der Waals surface area contributed by atoms with Crippen LogP contribution in [-0.4, -0.2) is 59.6 Å². The lowest BCUT2D eigenvalue weighted by Gasteiger charge is -2.35. The van der Waals surface area contributed by atoms with Gasteiger partial charge >= 0.3 is 11.9 Å². The van der Waals surface area contributed by atoms with Gasteiger partial charge < -0.3 is 15.2 Å². The number of hydrogen-bond donors (Lipinski definition) is 2. The van der Waals surface area contributed by atoms with Crippen molar-refractivity contribution in [2.45, 2.75) is 38.6 Å². The first-order valence-corrected chi connectivity index (χ1v) is 6.84. The van der Waals surface area contributed by atoms with Crippen LogP contribution >= 0.6 is 0 Å². The van der Waals surface area contributed by atoms with E-state index in [4.69, 9.17) is 4.74 Å². The van der Waals surface area contributed by atoms with Crippen LogP contribution in [0.5, 0.6) is 0 Å². The summed E-state index contributed by atoms with van der Waals surface area (Å²) in [6.45, 7) is 4.21. The van der Waals surface area contributed by atoms with E-state index >= 15 is 0 Å². The van der Waals surface area contributed by atoms with Crippen molar-refractivity contribution in [3.63, 3.8) is 0 Å². The molecule has 20 heavy (non-hydrogen) atoms. The zero-order valence-electron chi connectivity index (χ0n) is 12.0. The van der Waals surface area contributed by atoms with E-state index in [9.17, 15) is 19.5 Å². The molecule has 0 spiro atoms. The molecule has 1 aliphatic rings. The van der Waals surface area contributed by atoms with Crippen LogP contribution in [0.3, 0.4) is 0 Å². The lowest BCUT2D eigenvalue weighted by atomic mass is 9.97. The monoisotopic (exact) mass is 286 g/mol. The van der Waals surface area contributed by atoms with E-state index in [1.165, 1.54) is 6.92 Å². The van der Waals surface area contributed by atoms with Gasteiger partial charge in [0.1, 0.15) is 0 Å². The summed E-state index contributed by atoms with van der Waals surface area (Å²) >= 11 is 0. The van der Waals surface area contributed by atoms with Gasteiger partial charge in [0.2, 0.25) is 11.4 Å². The topological polar surface area (TPSA) is 95.9 Å². The fraction of sp³-hybridized carbons (Fsp3) is 0.769. The zero-order chi connectivity index (χ0) is 15.2. The summed E-state index contributed by atoms with van der Waals surface area (Å²) in [4.78, 5) is 36.9. The highest BCUT2D eigenvalue weighted by atomic mass is 16.5. The number of hydrogen-bond acceptors (Lipinski definition) is 5. The standard InChI is InChI=1S/C13H22N2O5/c1-3-20-12(19)13(11(17)18,14-10(2)16)9-15-7-5-4-6-8-15/h3-9H2,1-2H3,(H,14,16)(H,17,18). The third kappa shape index (κ3) is 3.93. The first-order chi connectivity index (χ1) is 9.42. The Morgan fingerprint density at radius 3 is 2.30 bits per heavy atom. The molecule has 0 radical (unpaired) electrons. The molecule has 1 rings (SSSR count). The van der Waals surface area contributed by atoms with Crippen molar-refractivity contribution in [3.05, 3.63) is 0 Å². The molecule has 0 aromatic heterocycles. The Morgan fingerprint density at radius 1 is 1.25 bits per heavy atom. The highest BCUT2D eigenvalue weighted by molar-refractivity contribution is 6.07. The van der Waals surface area contributed by atoms with Crippen LogP contribution in [0.1, 0.15) is 33.1 Å². The smallest absolute Gasteiger partial charge is 0.345 e. The molecule has 0 aromatic rings. The van der Waals surface area contributed by atoms with E-state index in [1.54, 1.807) is 6.92 Å². The van der Waals surface area contributed by atoms with Crippen LogP contribution in [0.2, 0.25) is 0 Å². The molecule has 114 valence electrons. The van der Waals surface area contributed by atoms with Crippen molar-refractivity contribution < 1.29 is 24.2 Å². The van der Waals surface area contributed by atoms with Crippen LogP contribution in [0, 0.1) is 0 Å². The van der Waals surface area contributed by atoms with E-state index in [0.717, 1.165) is 19.3 Å². The molecule has 1 saturated heterocycles. The van der Waals surface area contributed by atoms with Gasteiger partial charge in [-0.2, -0.15) is 0 Å². The first-order valence-electron chi connectivity index (χ1n) is 6.84. The number of likely N-dealkylation sites (tertiary alicyclic amines) is 1. The maximum absolute atomic E-state index is 12.1. The molecule has 7 heteroatoms. The van der Waals surface area contributed by atoms with Crippen LogP contribution in [0.4, 0.5) is 0 Å². The maximum Gasteiger partial charge on any atom is 0.345 e. The van der Waals surface area contributed by atoms with Gasteiger partial charge in [-0.15, -0.1) is 0 Å². The Labute approximate surface area is 118 Å². The van der Waals surface area contributed by atoms with E-state index in [0.29, 0.717) is 13.1 Å². The Morgan fingerprint density at radius 2 is 1.85 bits per heavy atom. The molecular weight excluding hydrogens is 264 g/mol. The average Bonchev–Trinajstić information content (AvgIpc) is 2.38. The highest BCUT2D eigenvalue weighted by Crippen LogP contribution is 2.16. The number of aliphatic carboxylic acids is 1. The van der Waals surface area contributed by atoms with Crippen molar-refractivity contribution in [1.29, 1.82) is 0 Å². The third-order valence-corrected chi connectivity index (χ3v) is 3.29. The van der Waals surface area contributed by atoms with Crippen LogP contribution in [0.25, 0.3) is 0 Å². The van der Waals surface area contributed by atoms with Crippen LogP contribution in [-0.2, 0) is 19.1 Å². The summed E-state index contributed by atoms with van der Waals surface area (Å²) in [7, 11) is 0. The minimum atomic E-state index is -2.03. The number of carbonyl (C=O) groups is 3. The second kappa shape index (κ2) is 7.23. The lowest BCUT2D eigenvalue weighted by Crippen LogP contribution is -2.66. The SMILES string of the molecule is CCOC(=O)C(CN1CCCCC1)(NC(C)=O)C(=O)O. The molecule has 1 atom stereocenters. The molecule has 0 aromatic carbocycles. The summed E-state index contributed by atoms with van der Waals surface area (Å²) in [5.41, 5.74) is -2.03. The number of ether oxygens (including phenoxy) is 1. The van der Waals surface area contributed by atoms with Crippen molar-refractivity contribution >= 4 is 17.8 Å². The van der Waals surface area contributed by atoms with Crippen LogP contribution < -0.4 is 5.32 Å². The van der Waals surface area contributed by atoms with Crippen molar-refractivity contribution in [2.24, 2.45) is 0 Å². The van der Waals surface area contributed by atoms with Crippen molar-refractivity contribution in [2.75, 3.05) is 26.2 Å². The molecule has 7 nitrogen and oxygen atoms in total. The van der Waals surface area contributed by atoms with Gasteiger partial charge in [0.25, 0.3) is 0 Å². The van der Waals surface area contributed by atoms with Gasteiger partial charge in [-0.3, -0.25) is 9.69 Å². The number of esters is 1. The lowest BCUT2D eigenvalue weighted by molar-refractivity contribution is -0.166. The van der Waals surface area contributed by atoms with Crippen LogP contribution in [0.15, 0.2) is 0 Å². The molecule has 0 bridgehead atoms. The quantitative estimate of drug-likeness (QED) is 0.527. The fourth-order valence-corrected chi connectivity index (χ4v) is 2.37. The second-order valence-electron chi connectivity index (χ2n) is 4.95. The van der Waals surface area contributed by atoms with Crippen molar-refractivity contribution in [3.8, 4) is 0 Å². The van der Waals surface area contributed by atoms with E-state index in [1.807, 2.05) is 4.90 Å². The third-order valence-electron chi connectivity index (χ3n) is 3.29.